The maximum absolute atomic E-state index is 11.7. The van der Waals surface area contributed by atoms with Crippen LogP contribution in [-0.4, -0.2) is 53.2 Å². The van der Waals surface area contributed by atoms with Crippen molar-refractivity contribution in [3.05, 3.63) is 59.7 Å². The van der Waals surface area contributed by atoms with Crippen molar-refractivity contribution in [3.63, 3.8) is 0 Å². The predicted octanol–water partition coefficient (Wildman–Crippen LogP) is 4.84. The quantitative estimate of drug-likeness (QED) is 0.429. The van der Waals surface area contributed by atoms with Crippen LogP contribution in [0.4, 0.5) is 21.0 Å². The lowest BCUT2D eigenvalue weighted by molar-refractivity contribution is -0.118. The highest BCUT2D eigenvalue weighted by atomic mass is 16.6. The zero-order valence-corrected chi connectivity index (χ0v) is 22.4. The first kappa shape index (κ1) is 30.3. The molecule has 2 aromatic rings. The van der Waals surface area contributed by atoms with Gasteiger partial charge in [-0.05, 0) is 83.4 Å². The molecular weight excluding hydrogens is 460 g/mol. The van der Waals surface area contributed by atoms with Crippen LogP contribution in [0.5, 0.6) is 0 Å². The number of nitrogens with zero attached hydrogens (tertiary/aromatic N) is 2. The third kappa shape index (κ3) is 12.6. The molecule has 0 aromatic heterocycles. The average Bonchev–Trinajstić information content (AvgIpc) is 2.76. The SMILES string of the molecule is CC(C)(C)OC(=O)N(C=O)Cc1ccc(N)cc1.CN(CCc1ccc(N)cc1)C(=O)OC(C)(C)C. The summed E-state index contributed by atoms with van der Waals surface area (Å²) in [6.07, 6.45) is 0.299. The molecule has 0 heterocycles. The van der Waals surface area contributed by atoms with Gasteiger partial charge in [-0.25, -0.2) is 14.5 Å². The molecule has 0 unspecified atom stereocenters. The van der Waals surface area contributed by atoms with Gasteiger partial charge in [-0.1, -0.05) is 24.3 Å². The maximum atomic E-state index is 11.7. The lowest BCUT2D eigenvalue weighted by Crippen LogP contribution is -2.35. The van der Waals surface area contributed by atoms with E-state index in [1.165, 1.54) is 0 Å². The summed E-state index contributed by atoms with van der Waals surface area (Å²) in [4.78, 5) is 36.9. The fourth-order valence-corrected chi connectivity index (χ4v) is 2.70. The summed E-state index contributed by atoms with van der Waals surface area (Å²) in [5.41, 5.74) is 13.4. The summed E-state index contributed by atoms with van der Waals surface area (Å²) < 4.78 is 10.4. The van der Waals surface area contributed by atoms with E-state index in [1.54, 1.807) is 57.0 Å². The van der Waals surface area contributed by atoms with Crippen LogP contribution in [0.3, 0.4) is 0 Å². The Kier molecular flexibility index (Phi) is 11.2. The number of amides is 3. The van der Waals surface area contributed by atoms with Crippen molar-refractivity contribution < 1.29 is 23.9 Å². The molecule has 0 aliphatic carbocycles. The number of ether oxygens (including phenoxy) is 2. The van der Waals surface area contributed by atoms with Gasteiger partial charge in [0.2, 0.25) is 6.41 Å². The topological polar surface area (TPSA) is 128 Å². The van der Waals surface area contributed by atoms with Gasteiger partial charge in [0.25, 0.3) is 0 Å². The van der Waals surface area contributed by atoms with Gasteiger partial charge in [0.1, 0.15) is 11.2 Å². The zero-order chi connectivity index (χ0) is 27.5. The average molecular weight is 501 g/mol. The third-order valence-electron chi connectivity index (χ3n) is 4.51. The van der Waals surface area contributed by atoms with Crippen molar-refractivity contribution in [2.75, 3.05) is 25.1 Å². The first-order valence-electron chi connectivity index (χ1n) is 11.7. The first-order chi connectivity index (χ1) is 16.6. The molecule has 4 N–H and O–H groups in total. The molecule has 3 amide bonds. The number of benzene rings is 2. The lowest BCUT2D eigenvalue weighted by atomic mass is 10.1. The minimum Gasteiger partial charge on any atom is -0.444 e. The van der Waals surface area contributed by atoms with E-state index in [0.717, 1.165) is 28.1 Å². The smallest absolute Gasteiger partial charge is 0.417 e. The fourth-order valence-electron chi connectivity index (χ4n) is 2.70. The zero-order valence-electron chi connectivity index (χ0n) is 22.4. The van der Waals surface area contributed by atoms with E-state index in [4.69, 9.17) is 20.9 Å². The standard InChI is InChI=1S/C14H22N2O2.C13H18N2O3/c1-14(2,3)18-13(17)16(4)10-9-11-5-7-12(15)8-6-11;1-13(2,3)18-12(17)15(9-16)8-10-4-6-11(14)7-5-10/h5-8H,9-10,15H2,1-4H3;4-7,9H,8,14H2,1-3H3. The van der Waals surface area contributed by atoms with Crippen molar-refractivity contribution in [3.8, 4) is 0 Å². The summed E-state index contributed by atoms with van der Waals surface area (Å²) in [5.74, 6) is 0. The van der Waals surface area contributed by atoms with E-state index >= 15 is 0 Å². The monoisotopic (exact) mass is 500 g/mol. The van der Waals surface area contributed by atoms with E-state index in [9.17, 15) is 14.4 Å². The van der Waals surface area contributed by atoms with E-state index in [0.29, 0.717) is 18.6 Å². The van der Waals surface area contributed by atoms with Gasteiger partial charge in [0.15, 0.2) is 0 Å². The molecule has 0 spiro atoms. The molecule has 0 fully saturated rings. The Labute approximate surface area is 214 Å². The van der Waals surface area contributed by atoms with Gasteiger partial charge < -0.3 is 25.8 Å². The van der Waals surface area contributed by atoms with Gasteiger partial charge in [0, 0.05) is 25.0 Å². The Morgan fingerprint density at radius 1 is 0.778 bits per heavy atom. The normalized spacial score (nSPS) is 11.0. The van der Waals surface area contributed by atoms with Gasteiger partial charge in [-0.15, -0.1) is 0 Å². The molecular formula is C27H40N4O5. The van der Waals surface area contributed by atoms with Gasteiger partial charge >= 0.3 is 12.2 Å². The van der Waals surface area contributed by atoms with Crippen LogP contribution >= 0.6 is 0 Å². The molecule has 0 aliphatic heterocycles. The summed E-state index contributed by atoms with van der Waals surface area (Å²) in [6.45, 7) is 11.6. The molecule has 2 aromatic carbocycles. The van der Waals surface area contributed by atoms with Crippen molar-refractivity contribution in [1.82, 2.24) is 9.80 Å². The molecule has 0 bridgehead atoms. The van der Waals surface area contributed by atoms with E-state index < -0.39 is 17.3 Å². The van der Waals surface area contributed by atoms with Crippen molar-refractivity contribution in [2.24, 2.45) is 0 Å². The number of hydrogen-bond donors (Lipinski definition) is 2. The van der Waals surface area contributed by atoms with Crippen LogP contribution < -0.4 is 11.5 Å². The Bertz CT molecular complexity index is 977. The van der Waals surface area contributed by atoms with Crippen molar-refractivity contribution in [2.45, 2.75) is 65.7 Å². The highest BCUT2D eigenvalue weighted by Gasteiger charge is 2.22. The van der Waals surface area contributed by atoms with Crippen LogP contribution in [0.1, 0.15) is 52.7 Å². The summed E-state index contributed by atoms with van der Waals surface area (Å²) in [6, 6.07) is 14.6. The molecule has 0 atom stereocenters. The number of nitrogens with two attached hydrogens (primary N) is 2. The second-order valence-electron chi connectivity index (χ2n) is 10.3. The summed E-state index contributed by atoms with van der Waals surface area (Å²) in [5, 5.41) is 0. The number of rotatable bonds is 6. The van der Waals surface area contributed by atoms with Gasteiger partial charge in [0.05, 0.1) is 6.54 Å². The van der Waals surface area contributed by atoms with E-state index in [1.807, 2.05) is 45.0 Å². The van der Waals surface area contributed by atoms with E-state index in [-0.39, 0.29) is 12.6 Å². The van der Waals surface area contributed by atoms with Gasteiger partial charge in [-0.3, -0.25) is 4.79 Å². The Morgan fingerprint density at radius 2 is 1.19 bits per heavy atom. The second-order valence-corrected chi connectivity index (χ2v) is 10.3. The second kappa shape index (κ2) is 13.4. The van der Waals surface area contributed by atoms with E-state index in [2.05, 4.69) is 0 Å². The number of hydrogen-bond acceptors (Lipinski definition) is 7. The maximum Gasteiger partial charge on any atom is 0.417 e. The number of nitrogen functional groups attached to an aromatic ring is 2. The van der Waals surface area contributed by atoms with Crippen LogP contribution in [-0.2, 0) is 27.2 Å². The van der Waals surface area contributed by atoms with Crippen LogP contribution in [0, 0.1) is 0 Å². The molecule has 0 saturated heterocycles. The highest BCUT2D eigenvalue weighted by Crippen LogP contribution is 2.13. The number of likely N-dealkylation sites (N-methyl/N-ethyl adjacent to an activating group) is 1. The number of carbonyl (C=O) groups excluding carboxylic acids is 3. The Morgan fingerprint density at radius 3 is 1.61 bits per heavy atom. The van der Waals surface area contributed by atoms with Crippen LogP contribution in [0.2, 0.25) is 0 Å². The lowest BCUT2D eigenvalue weighted by Gasteiger charge is -2.24. The van der Waals surface area contributed by atoms with Crippen molar-refractivity contribution in [1.29, 1.82) is 0 Å². The summed E-state index contributed by atoms with van der Waals surface area (Å²) >= 11 is 0. The fraction of sp³-hybridized carbons (Fsp3) is 0.444. The third-order valence-corrected chi connectivity index (χ3v) is 4.51. The largest absolute Gasteiger partial charge is 0.444 e. The summed E-state index contributed by atoms with van der Waals surface area (Å²) in [7, 11) is 1.74. The minimum absolute atomic E-state index is 0.165. The first-order valence-corrected chi connectivity index (χ1v) is 11.7. The predicted molar refractivity (Wildman–Crippen MR) is 142 cm³/mol. The van der Waals surface area contributed by atoms with Crippen LogP contribution in [0.25, 0.3) is 0 Å². The molecule has 0 saturated carbocycles. The molecule has 36 heavy (non-hydrogen) atoms. The molecule has 0 aliphatic rings. The van der Waals surface area contributed by atoms with Gasteiger partial charge in [-0.2, -0.15) is 0 Å². The highest BCUT2D eigenvalue weighted by molar-refractivity contribution is 5.80. The molecule has 198 valence electrons. The number of anilines is 2. The molecule has 9 heteroatoms. The Hall–Kier alpha value is -3.75. The Balaban J connectivity index is 0.000000360. The molecule has 0 radical (unpaired) electrons. The molecule has 2 rings (SSSR count). The van der Waals surface area contributed by atoms with Crippen molar-refractivity contribution >= 4 is 30.0 Å². The minimum atomic E-state index is -0.658. The number of carbonyl (C=O) groups is 3. The molecule has 9 nitrogen and oxygen atoms in total. The number of imide groups is 1. The van der Waals surface area contributed by atoms with Crippen LogP contribution in [0.15, 0.2) is 48.5 Å².